The summed E-state index contributed by atoms with van der Waals surface area (Å²) in [7, 11) is -7.18. The minimum absolute atomic E-state index is 0.0113. The maximum absolute atomic E-state index is 12.6. The molecule has 0 amide bonds. The third kappa shape index (κ3) is 3.63. The van der Waals surface area contributed by atoms with Crippen LogP contribution in [0, 0.1) is 11.8 Å². The van der Waals surface area contributed by atoms with Gasteiger partial charge in [0.05, 0.1) is 0 Å². The number of hydrogen-bond donors (Lipinski definition) is 2. The summed E-state index contributed by atoms with van der Waals surface area (Å²) in [4.78, 5) is 3.76. The maximum Gasteiger partial charge on any atom is 0.242 e. The lowest BCUT2D eigenvalue weighted by Gasteiger charge is -2.44. The van der Waals surface area contributed by atoms with Crippen molar-refractivity contribution in [3.8, 4) is 0 Å². The summed E-state index contributed by atoms with van der Waals surface area (Å²) >= 11 is 0. The van der Waals surface area contributed by atoms with E-state index in [0.29, 0.717) is 0 Å². The van der Waals surface area contributed by atoms with Crippen LogP contribution in [0.1, 0.15) is 32.1 Å². The molecule has 0 radical (unpaired) electrons. The van der Waals surface area contributed by atoms with Gasteiger partial charge in [0.15, 0.2) is 14.9 Å². The number of rotatable bonds is 4. The molecule has 2 fully saturated rings. The second-order valence-corrected chi connectivity index (χ2v) is 10.6. The summed E-state index contributed by atoms with van der Waals surface area (Å²) in [5, 5.41) is -0.137. The topological polar surface area (TPSA) is 119 Å². The van der Waals surface area contributed by atoms with Gasteiger partial charge in [-0.05, 0) is 49.7 Å². The summed E-state index contributed by atoms with van der Waals surface area (Å²) in [6, 6.07) is 2.56. The molecule has 0 aliphatic heterocycles. The fourth-order valence-corrected chi connectivity index (χ4v) is 5.85. The Morgan fingerprint density at radius 3 is 2.25 bits per heavy atom. The second kappa shape index (κ2) is 6.36. The van der Waals surface area contributed by atoms with Crippen molar-refractivity contribution in [2.45, 2.75) is 54.1 Å². The number of sulfone groups is 1. The molecule has 0 spiro atoms. The first-order valence-corrected chi connectivity index (χ1v) is 11.5. The summed E-state index contributed by atoms with van der Waals surface area (Å²) in [6.45, 7) is 0. The van der Waals surface area contributed by atoms with Crippen LogP contribution < -0.4 is 10.5 Å². The first-order chi connectivity index (χ1) is 11.2. The van der Waals surface area contributed by atoms with Crippen molar-refractivity contribution < 1.29 is 16.8 Å². The molecule has 24 heavy (non-hydrogen) atoms. The molecular formula is C15H23N3O4S2. The number of nitrogens with zero attached hydrogens (tertiary/aromatic N) is 1. The first-order valence-electron chi connectivity index (χ1n) is 8.11. The molecule has 7 nitrogen and oxygen atoms in total. The number of nitrogens with one attached hydrogen (secondary N) is 1. The molecular weight excluding hydrogens is 350 g/mol. The number of fused-ring (bicyclic) bond motifs is 2. The maximum atomic E-state index is 12.6. The number of hydrogen-bond acceptors (Lipinski definition) is 6. The Morgan fingerprint density at radius 2 is 1.75 bits per heavy atom. The Morgan fingerprint density at radius 1 is 1.12 bits per heavy atom. The van der Waals surface area contributed by atoms with Gasteiger partial charge < -0.3 is 5.73 Å². The number of sulfonamides is 1. The number of nitrogens with two attached hydrogens (primary N) is 1. The van der Waals surface area contributed by atoms with Crippen LogP contribution in [0.25, 0.3) is 0 Å². The molecule has 1 aromatic rings. The molecule has 2 aliphatic rings. The summed E-state index contributed by atoms with van der Waals surface area (Å²) in [6.07, 6.45) is 6.91. The fourth-order valence-electron chi connectivity index (χ4n) is 3.97. The highest BCUT2D eigenvalue weighted by atomic mass is 32.2. The van der Waals surface area contributed by atoms with Crippen molar-refractivity contribution in [1.29, 1.82) is 0 Å². The zero-order chi connectivity index (χ0) is 17.5. The predicted molar refractivity (Wildman–Crippen MR) is 89.5 cm³/mol. The van der Waals surface area contributed by atoms with E-state index in [1.165, 1.54) is 12.1 Å². The van der Waals surface area contributed by atoms with E-state index >= 15 is 0 Å². The van der Waals surface area contributed by atoms with Gasteiger partial charge in [0.2, 0.25) is 10.0 Å². The Labute approximate surface area is 143 Å². The van der Waals surface area contributed by atoms with Gasteiger partial charge in [0.1, 0.15) is 4.90 Å². The van der Waals surface area contributed by atoms with E-state index in [1.54, 1.807) is 0 Å². The first kappa shape index (κ1) is 17.8. The highest BCUT2D eigenvalue weighted by molar-refractivity contribution is 7.90. The summed E-state index contributed by atoms with van der Waals surface area (Å²) in [5.74, 6) is 0.538. The predicted octanol–water partition coefficient (Wildman–Crippen LogP) is 0.669. The van der Waals surface area contributed by atoms with Crippen LogP contribution in [-0.4, -0.2) is 40.2 Å². The highest BCUT2D eigenvalue weighted by Crippen LogP contribution is 2.40. The van der Waals surface area contributed by atoms with Gasteiger partial charge in [0.25, 0.3) is 0 Å². The van der Waals surface area contributed by atoms with E-state index in [4.69, 9.17) is 5.73 Å². The smallest absolute Gasteiger partial charge is 0.242 e. The monoisotopic (exact) mass is 373 g/mol. The Balaban J connectivity index is 1.81. The molecule has 2 saturated carbocycles. The minimum atomic E-state index is -3.73. The van der Waals surface area contributed by atoms with Gasteiger partial charge >= 0.3 is 0 Å². The van der Waals surface area contributed by atoms with Crippen LogP contribution in [0.5, 0.6) is 0 Å². The molecule has 2 bridgehead atoms. The van der Waals surface area contributed by atoms with Crippen LogP contribution in [-0.2, 0) is 19.9 Å². The molecule has 3 rings (SSSR count). The largest absolute Gasteiger partial charge is 0.328 e. The van der Waals surface area contributed by atoms with Crippen LogP contribution in [0.2, 0.25) is 0 Å². The molecule has 2 unspecified atom stereocenters. The molecule has 0 aromatic carbocycles. The average molecular weight is 374 g/mol. The summed E-state index contributed by atoms with van der Waals surface area (Å²) < 4.78 is 51.0. The second-order valence-electron chi connectivity index (χ2n) is 6.93. The van der Waals surface area contributed by atoms with Crippen molar-refractivity contribution in [1.82, 2.24) is 9.71 Å². The standard InChI is InChI=1S/C15H23N3O4S2/c1-23(19,20)14-6-5-13(9-17-14)24(21,22)18-15-10-3-2-4-11(15)8-12(16)7-10/h5-6,9-12,15,18H,2-4,7-8,16H2,1H3. The molecule has 1 heterocycles. The lowest BCUT2D eigenvalue weighted by Crippen LogP contribution is -2.53. The van der Waals surface area contributed by atoms with E-state index < -0.39 is 19.9 Å². The zero-order valence-corrected chi connectivity index (χ0v) is 15.2. The van der Waals surface area contributed by atoms with Gasteiger partial charge in [-0.2, -0.15) is 0 Å². The van der Waals surface area contributed by atoms with Gasteiger partial charge in [-0.25, -0.2) is 26.5 Å². The van der Waals surface area contributed by atoms with E-state index in [1.807, 2.05) is 0 Å². The van der Waals surface area contributed by atoms with E-state index in [-0.39, 0.29) is 33.8 Å². The third-order valence-electron chi connectivity index (χ3n) is 5.07. The Kier molecular flexibility index (Phi) is 4.71. The van der Waals surface area contributed by atoms with Gasteiger partial charge in [0, 0.05) is 24.5 Å². The molecule has 1 aromatic heterocycles. The van der Waals surface area contributed by atoms with Crippen LogP contribution >= 0.6 is 0 Å². The quantitative estimate of drug-likeness (QED) is 0.800. The lowest BCUT2D eigenvalue weighted by atomic mass is 9.67. The molecule has 134 valence electrons. The van der Waals surface area contributed by atoms with Crippen molar-refractivity contribution in [2.24, 2.45) is 17.6 Å². The molecule has 3 N–H and O–H groups in total. The molecule has 0 saturated heterocycles. The van der Waals surface area contributed by atoms with Crippen molar-refractivity contribution >= 4 is 19.9 Å². The van der Waals surface area contributed by atoms with Crippen molar-refractivity contribution in [2.75, 3.05) is 6.26 Å². The molecule has 9 heteroatoms. The fraction of sp³-hybridized carbons (Fsp3) is 0.667. The van der Waals surface area contributed by atoms with Gasteiger partial charge in [-0.1, -0.05) is 6.42 Å². The average Bonchev–Trinajstić information content (AvgIpc) is 2.47. The molecule has 2 atom stereocenters. The van der Waals surface area contributed by atoms with Crippen molar-refractivity contribution in [3.63, 3.8) is 0 Å². The lowest BCUT2D eigenvalue weighted by molar-refractivity contribution is 0.125. The number of pyridine rings is 1. The highest BCUT2D eigenvalue weighted by Gasteiger charge is 2.41. The van der Waals surface area contributed by atoms with Gasteiger partial charge in [-0.15, -0.1) is 0 Å². The van der Waals surface area contributed by atoms with E-state index in [0.717, 1.165) is 44.6 Å². The van der Waals surface area contributed by atoms with Crippen LogP contribution in [0.4, 0.5) is 0 Å². The van der Waals surface area contributed by atoms with E-state index in [2.05, 4.69) is 9.71 Å². The number of aromatic nitrogens is 1. The third-order valence-corrected chi connectivity index (χ3v) is 7.51. The molecule has 2 aliphatic carbocycles. The van der Waals surface area contributed by atoms with E-state index in [9.17, 15) is 16.8 Å². The van der Waals surface area contributed by atoms with Crippen LogP contribution in [0.15, 0.2) is 28.3 Å². The Bertz CT molecular complexity index is 792. The van der Waals surface area contributed by atoms with Gasteiger partial charge in [-0.3, -0.25) is 0 Å². The van der Waals surface area contributed by atoms with Crippen LogP contribution in [0.3, 0.4) is 0 Å². The minimum Gasteiger partial charge on any atom is -0.328 e. The normalized spacial score (nSPS) is 30.9. The zero-order valence-electron chi connectivity index (χ0n) is 13.6. The Hall–Kier alpha value is -1.03. The SMILES string of the molecule is CS(=O)(=O)c1ccc(S(=O)(=O)NC2C3CCCC2CC(N)C3)cn1. The van der Waals surface area contributed by atoms with Crippen molar-refractivity contribution in [3.05, 3.63) is 18.3 Å². The summed E-state index contributed by atoms with van der Waals surface area (Å²) in [5.41, 5.74) is 6.08.